The summed E-state index contributed by atoms with van der Waals surface area (Å²) in [6.45, 7) is 3.69. The molecule has 19 heavy (non-hydrogen) atoms. The van der Waals surface area contributed by atoms with Gasteiger partial charge in [0.2, 0.25) is 0 Å². The number of nitrogens with zero attached hydrogens (tertiary/aromatic N) is 2. The van der Waals surface area contributed by atoms with Crippen molar-refractivity contribution in [1.29, 1.82) is 0 Å². The topological polar surface area (TPSA) is 53.4 Å². The fraction of sp³-hybridized carbons (Fsp3) is 0.286. The molecule has 0 bridgehead atoms. The van der Waals surface area contributed by atoms with Crippen molar-refractivity contribution in [3.05, 3.63) is 41.2 Å². The van der Waals surface area contributed by atoms with Crippen LogP contribution in [0.3, 0.4) is 0 Å². The molecule has 0 aliphatic rings. The molecule has 0 radical (unpaired) electrons. The van der Waals surface area contributed by atoms with Crippen LogP contribution in [0, 0.1) is 13.8 Å². The zero-order valence-corrected chi connectivity index (χ0v) is 11.4. The normalized spacial score (nSPS) is 10.3. The number of carbonyl (C=O) groups excluding carboxylic acids is 1. The summed E-state index contributed by atoms with van der Waals surface area (Å²) in [5, 5.41) is 4.18. The molecule has 0 amide bonds. The van der Waals surface area contributed by atoms with E-state index in [1.807, 2.05) is 19.9 Å². The highest BCUT2D eigenvalue weighted by molar-refractivity contribution is 5.98. The standard InChI is InChI=1S/C14H16N2O3/c1-9-7-10(2)16(15-9)14(17)12-6-5-11(18-3)8-13(12)19-4/h5-8H,1-4H3. The van der Waals surface area contributed by atoms with Gasteiger partial charge in [-0.15, -0.1) is 0 Å². The molecule has 5 heteroatoms. The van der Waals surface area contributed by atoms with Crippen LogP contribution < -0.4 is 9.47 Å². The third kappa shape index (κ3) is 2.45. The van der Waals surface area contributed by atoms with Gasteiger partial charge in [-0.3, -0.25) is 4.79 Å². The Morgan fingerprint density at radius 1 is 1.16 bits per heavy atom. The smallest absolute Gasteiger partial charge is 0.282 e. The monoisotopic (exact) mass is 260 g/mol. The molecule has 100 valence electrons. The summed E-state index contributed by atoms with van der Waals surface area (Å²) in [4.78, 5) is 12.4. The van der Waals surface area contributed by atoms with Gasteiger partial charge in [0.15, 0.2) is 0 Å². The number of aromatic nitrogens is 2. The zero-order chi connectivity index (χ0) is 14.0. The van der Waals surface area contributed by atoms with Crippen LogP contribution in [0.2, 0.25) is 0 Å². The lowest BCUT2D eigenvalue weighted by molar-refractivity contribution is 0.0939. The van der Waals surface area contributed by atoms with Crippen molar-refractivity contribution in [1.82, 2.24) is 9.78 Å². The highest BCUT2D eigenvalue weighted by Gasteiger charge is 2.17. The number of methoxy groups -OCH3 is 2. The van der Waals surface area contributed by atoms with Crippen LogP contribution in [-0.2, 0) is 0 Å². The summed E-state index contributed by atoms with van der Waals surface area (Å²) in [6.07, 6.45) is 0. The van der Waals surface area contributed by atoms with Gasteiger partial charge in [-0.1, -0.05) is 0 Å². The molecule has 0 atom stereocenters. The quantitative estimate of drug-likeness (QED) is 0.849. The lowest BCUT2D eigenvalue weighted by Crippen LogP contribution is -2.16. The maximum Gasteiger partial charge on any atom is 0.282 e. The van der Waals surface area contributed by atoms with Gasteiger partial charge in [-0.2, -0.15) is 5.10 Å². The Hall–Kier alpha value is -2.30. The van der Waals surface area contributed by atoms with Gasteiger partial charge in [0.25, 0.3) is 5.91 Å². The van der Waals surface area contributed by atoms with Crippen LogP contribution in [0.5, 0.6) is 11.5 Å². The Morgan fingerprint density at radius 3 is 2.42 bits per heavy atom. The summed E-state index contributed by atoms with van der Waals surface area (Å²) in [5.74, 6) is 0.892. The molecule has 0 saturated carbocycles. The predicted molar refractivity (Wildman–Crippen MR) is 71.0 cm³/mol. The number of aryl methyl sites for hydroxylation is 2. The number of rotatable bonds is 3. The Labute approximate surface area is 111 Å². The summed E-state index contributed by atoms with van der Waals surface area (Å²) >= 11 is 0. The lowest BCUT2D eigenvalue weighted by atomic mass is 10.1. The van der Waals surface area contributed by atoms with Gasteiger partial charge in [0.1, 0.15) is 11.5 Å². The van der Waals surface area contributed by atoms with Gasteiger partial charge in [-0.05, 0) is 32.0 Å². The summed E-state index contributed by atoms with van der Waals surface area (Å²) in [7, 11) is 3.09. The largest absolute Gasteiger partial charge is 0.497 e. The molecule has 1 aromatic carbocycles. The number of ether oxygens (including phenoxy) is 2. The highest BCUT2D eigenvalue weighted by Crippen LogP contribution is 2.25. The van der Waals surface area contributed by atoms with Gasteiger partial charge in [0, 0.05) is 11.8 Å². The Kier molecular flexibility index (Phi) is 3.55. The average Bonchev–Trinajstić information content (AvgIpc) is 2.76. The molecule has 1 aromatic heterocycles. The number of benzene rings is 1. The van der Waals surface area contributed by atoms with E-state index < -0.39 is 0 Å². The zero-order valence-electron chi connectivity index (χ0n) is 11.4. The van der Waals surface area contributed by atoms with Crippen molar-refractivity contribution in [3.8, 4) is 11.5 Å². The van der Waals surface area contributed by atoms with Crippen molar-refractivity contribution < 1.29 is 14.3 Å². The minimum atomic E-state index is -0.217. The molecule has 2 aromatic rings. The van der Waals surface area contributed by atoms with E-state index in [1.54, 1.807) is 25.3 Å². The van der Waals surface area contributed by atoms with E-state index in [0.29, 0.717) is 17.1 Å². The third-order valence-electron chi connectivity index (χ3n) is 2.84. The Morgan fingerprint density at radius 2 is 1.89 bits per heavy atom. The SMILES string of the molecule is COc1ccc(C(=O)n2nc(C)cc2C)c(OC)c1. The predicted octanol–water partition coefficient (Wildman–Crippen LogP) is 2.21. The molecule has 5 nitrogen and oxygen atoms in total. The van der Waals surface area contributed by atoms with Crippen molar-refractivity contribution in [3.63, 3.8) is 0 Å². The Balaban J connectivity index is 2.46. The van der Waals surface area contributed by atoms with E-state index in [9.17, 15) is 4.79 Å². The fourth-order valence-corrected chi connectivity index (χ4v) is 1.92. The Bertz CT molecular complexity index is 617. The van der Waals surface area contributed by atoms with Gasteiger partial charge in [0.05, 0.1) is 25.5 Å². The van der Waals surface area contributed by atoms with Crippen molar-refractivity contribution in [2.75, 3.05) is 14.2 Å². The second-order valence-electron chi connectivity index (χ2n) is 4.21. The first-order valence-electron chi connectivity index (χ1n) is 5.87. The molecule has 0 N–H and O–H groups in total. The number of hydrogen-bond donors (Lipinski definition) is 0. The molecular weight excluding hydrogens is 244 g/mol. The van der Waals surface area contributed by atoms with Crippen LogP contribution in [0.1, 0.15) is 21.7 Å². The molecule has 0 aliphatic heterocycles. The average molecular weight is 260 g/mol. The molecule has 0 aliphatic carbocycles. The van der Waals surface area contributed by atoms with E-state index in [4.69, 9.17) is 9.47 Å². The van der Waals surface area contributed by atoms with Crippen molar-refractivity contribution in [2.24, 2.45) is 0 Å². The first kappa shape index (κ1) is 13.1. The second-order valence-corrected chi connectivity index (χ2v) is 4.21. The molecule has 0 saturated heterocycles. The number of carbonyl (C=O) groups is 1. The second kappa shape index (κ2) is 5.14. The van der Waals surface area contributed by atoms with Gasteiger partial charge in [-0.25, -0.2) is 4.68 Å². The molecule has 0 fully saturated rings. The van der Waals surface area contributed by atoms with E-state index >= 15 is 0 Å². The maximum atomic E-state index is 12.4. The minimum absolute atomic E-state index is 0.217. The van der Waals surface area contributed by atoms with Crippen molar-refractivity contribution in [2.45, 2.75) is 13.8 Å². The molecule has 1 heterocycles. The van der Waals surface area contributed by atoms with Crippen LogP contribution in [-0.4, -0.2) is 29.9 Å². The van der Waals surface area contributed by atoms with Crippen LogP contribution >= 0.6 is 0 Å². The fourth-order valence-electron chi connectivity index (χ4n) is 1.92. The highest BCUT2D eigenvalue weighted by atomic mass is 16.5. The van der Waals surface area contributed by atoms with Crippen LogP contribution in [0.15, 0.2) is 24.3 Å². The van der Waals surface area contributed by atoms with Gasteiger partial charge < -0.3 is 9.47 Å². The van der Waals surface area contributed by atoms with E-state index in [-0.39, 0.29) is 5.91 Å². The summed E-state index contributed by atoms with van der Waals surface area (Å²) in [5.41, 5.74) is 2.05. The van der Waals surface area contributed by atoms with E-state index in [1.165, 1.54) is 11.8 Å². The molecular formula is C14H16N2O3. The first-order valence-corrected chi connectivity index (χ1v) is 5.87. The third-order valence-corrected chi connectivity index (χ3v) is 2.84. The number of hydrogen-bond acceptors (Lipinski definition) is 4. The van der Waals surface area contributed by atoms with Crippen molar-refractivity contribution >= 4 is 5.91 Å². The van der Waals surface area contributed by atoms with Gasteiger partial charge >= 0.3 is 0 Å². The summed E-state index contributed by atoms with van der Waals surface area (Å²) in [6, 6.07) is 6.94. The van der Waals surface area contributed by atoms with E-state index in [0.717, 1.165) is 11.4 Å². The lowest BCUT2D eigenvalue weighted by Gasteiger charge is -2.10. The molecule has 0 spiro atoms. The minimum Gasteiger partial charge on any atom is -0.497 e. The first-order chi connectivity index (χ1) is 9.06. The van der Waals surface area contributed by atoms with Crippen LogP contribution in [0.25, 0.3) is 0 Å². The summed E-state index contributed by atoms with van der Waals surface area (Å²) < 4.78 is 11.7. The van der Waals surface area contributed by atoms with E-state index in [2.05, 4.69) is 5.10 Å². The molecule has 2 rings (SSSR count). The molecule has 0 unspecified atom stereocenters. The maximum absolute atomic E-state index is 12.4. The van der Waals surface area contributed by atoms with Crippen LogP contribution in [0.4, 0.5) is 0 Å².